The fourth-order valence-corrected chi connectivity index (χ4v) is 1.87. The monoisotopic (exact) mass is 265 g/mol. The third-order valence-corrected chi connectivity index (χ3v) is 3.40. The maximum atomic E-state index is 9.46. The van der Waals surface area contributed by atoms with Crippen molar-refractivity contribution in [2.45, 2.75) is 45.6 Å². The van der Waals surface area contributed by atoms with Crippen molar-refractivity contribution in [1.82, 2.24) is 5.32 Å². The molecule has 1 rings (SSSR count). The minimum atomic E-state index is -0.251. The molecule has 1 unspecified atom stereocenters. The molecule has 0 amide bonds. The number of rotatable bonds is 9. The number of aliphatic hydroxyl groups is 1. The van der Waals surface area contributed by atoms with Crippen LogP contribution in [-0.2, 0) is 6.42 Å². The molecular formula is C16H27NO2. The molecule has 0 fully saturated rings. The van der Waals surface area contributed by atoms with Crippen LogP contribution in [0.5, 0.6) is 5.75 Å². The first-order valence-electron chi connectivity index (χ1n) is 7.21. The van der Waals surface area contributed by atoms with Crippen molar-refractivity contribution in [3.05, 3.63) is 29.8 Å². The van der Waals surface area contributed by atoms with Gasteiger partial charge >= 0.3 is 0 Å². The molecule has 0 aromatic heterocycles. The summed E-state index contributed by atoms with van der Waals surface area (Å²) < 4.78 is 5.73. The van der Waals surface area contributed by atoms with Gasteiger partial charge in [0.15, 0.2) is 0 Å². The molecule has 3 nitrogen and oxygen atoms in total. The standard InChI is InChI=1S/C16H27NO2/c1-4-11-17-16(3,13-18)10-12-19-15-8-6-14(5-2)7-9-15/h6-9,17-18H,4-5,10-13H2,1-3H3. The third kappa shape index (κ3) is 5.62. The molecule has 2 N–H and O–H groups in total. The quantitative estimate of drug-likeness (QED) is 0.721. The van der Waals surface area contributed by atoms with E-state index in [1.807, 2.05) is 19.1 Å². The van der Waals surface area contributed by atoms with Gasteiger partial charge in [-0.1, -0.05) is 26.0 Å². The number of nitrogens with one attached hydrogen (secondary N) is 1. The van der Waals surface area contributed by atoms with Crippen LogP contribution in [0.15, 0.2) is 24.3 Å². The Morgan fingerprint density at radius 2 is 1.89 bits per heavy atom. The van der Waals surface area contributed by atoms with Crippen molar-refractivity contribution in [3.63, 3.8) is 0 Å². The summed E-state index contributed by atoms with van der Waals surface area (Å²) in [5, 5.41) is 12.8. The summed E-state index contributed by atoms with van der Waals surface area (Å²) in [5.74, 6) is 0.896. The van der Waals surface area contributed by atoms with Crippen LogP contribution in [0.2, 0.25) is 0 Å². The fourth-order valence-electron chi connectivity index (χ4n) is 1.87. The summed E-state index contributed by atoms with van der Waals surface area (Å²) in [6.45, 7) is 7.96. The van der Waals surface area contributed by atoms with Gasteiger partial charge < -0.3 is 15.2 Å². The van der Waals surface area contributed by atoms with Crippen LogP contribution in [0.3, 0.4) is 0 Å². The third-order valence-electron chi connectivity index (χ3n) is 3.40. The number of hydrogen-bond donors (Lipinski definition) is 2. The maximum absolute atomic E-state index is 9.46. The summed E-state index contributed by atoms with van der Waals surface area (Å²) >= 11 is 0. The number of hydrogen-bond acceptors (Lipinski definition) is 3. The highest BCUT2D eigenvalue weighted by Gasteiger charge is 2.21. The predicted molar refractivity (Wildman–Crippen MR) is 79.7 cm³/mol. The van der Waals surface area contributed by atoms with Gasteiger partial charge in [0.25, 0.3) is 0 Å². The Hall–Kier alpha value is -1.06. The van der Waals surface area contributed by atoms with E-state index in [9.17, 15) is 5.11 Å². The highest BCUT2D eigenvalue weighted by Crippen LogP contribution is 2.15. The fraction of sp³-hybridized carbons (Fsp3) is 0.625. The average molecular weight is 265 g/mol. The van der Waals surface area contributed by atoms with Crippen LogP contribution in [-0.4, -0.2) is 30.4 Å². The molecule has 0 radical (unpaired) electrons. The van der Waals surface area contributed by atoms with Gasteiger partial charge in [-0.15, -0.1) is 0 Å². The highest BCUT2D eigenvalue weighted by molar-refractivity contribution is 5.27. The van der Waals surface area contributed by atoms with Gasteiger partial charge in [-0.3, -0.25) is 0 Å². The van der Waals surface area contributed by atoms with E-state index in [1.54, 1.807) is 0 Å². The average Bonchev–Trinajstić information content (AvgIpc) is 2.46. The minimum absolute atomic E-state index is 0.130. The van der Waals surface area contributed by atoms with E-state index in [2.05, 4.69) is 31.3 Å². The van der Waals surface area contributed by atoms with Gasteiger partial charge in [-0.25, -0.2) is 0 Å². The molecule has 0 bridgehead atoms. The van der Waals surface area contributed by atoms with Gasteiger partial charge in [-0.2, -0.15) is 0 Å². The van der Waals surface area contributed by atoms with E-state index in [4.69, 9.17) is 4.74 Å². The summed E-state index contributed by atoms with van der Waals surface area (Å²) in [6, 6.07) is 8.20. The number of aryl methyl sites for hydroxylation is 1. The lowest BCUT2D eigenvalue weighted by molar-refractivity contribution is 0.144. The highest BCUT2D eigenvalue weighted by atomic mass is 16.5. The van der Waals surface area contributed by atoms with Crippen molar-refractivity contribution < 1.29 is 9.84 Å². The summed E-state index contributed by atoms with van der Waals surface area (Å²) in [5.41, 5.74) is 1.07. The van der Waals surface area contributed by atoms with Crippen molar-refractivity contribution in [2.75, 3.05) is 19.8 Å². The zero-order chi connectivity index (χ0) is 14.1. The van der Waals surface area contributed by atoms with Crippen LogP contribution in [0.4, 0.5) is 0 Å². The predicted octanol–water partition coefficient (Wildman–Crippen LogP) is 2.77. The van der Waals surface area contributed by atoms with E-state index < -0.39 is 0 Å². The SMILES string of the molecule is CCCNC(C)(CO)CCOc1ccc(CC)cc1. The van der Waals surface area contributed by atoms with E-state index in [0.717, 1.165) is 31.6 Å². The zero-order valence-electron chi connectivity index (χ0n) is 12.4. The lowest BCUT2D eigenvalue weighted by Crippen LogP contribution is -2.47. The molecule has 1 atom stereocenters. The second kappa shape index (κ2) is 8.18. The van der Waals surface area contributed by atoms with Gasteiger partial charge in [0.1, 0.15) is 5.75 Å². The summed E-state index contributed by atoms with van der Waals surface area (Å²) in [6.07, 6.45) is 2.90. The number of benzene rings is 1. The molecule has 0 aliphatic carbocycles. The van der Waals surface area contributed by atoms with Crippen LogP contribution in [0.1, 0.15) is 39.2 Å². The Morgan fingerprint density at radius 1 is 1.21 bits per heavy atom. The number of aliphatic hydroxyl groups excluding tert-OH is 1. The summed E-state index contributed by atoms with van der Waals surface area (Å²) in [7, 11) is 0. The molecule has 1 aromatic rings. The van der Waals surface area contributed by atoms with Gasteiger partial charge in [0, 0.05) is 12.0 Å². The van der Waals surface area contributed by atoms with E-state index in [0.29, 0.717) is 6.61 Å². The molecule has 0 spiro atoms. The minimum Gasteiger partial charge on any atom is -0.494 e. The van der Waals surface area contributed by atoms with Crippen molar-refractivity contribution in [1.29, 1.82) is 0 Å². The molecule has 0 aliphatic heterocycles. The Morgan fingerprint density at radius 3 is 2.42 bits per heavy atom. The van der Waals surface area contributed by atoms with Crippen molar-refractivity contribution in [2.24, 2.45) is 0 Å². The number of ether oxygens (including phenoxy) is 1. The van der Waals surface area contributed by atoms with Crippen molar-refractivity contribution in [3.8, 4) is 5.75 Å². The molecule has 0 saturated carbocycles. The smallest absolute Gasteiger partial charge is 0.119 e. The van der Waals surface area contributed by atoms with E-state index in [1.165, 1.54) is 5.56 Å². The Balaban J connectivity index is 2.38. The van der Waals surface area contributed by atoms with Crippen molar-refractivity contribution >= 4 is 0 Å². The molecule has 0 saturated heterocycles. The second-order valence-electron chi connectivity index (χ2n) is 5.24. The Bertz CT molecular complexity index is 350. The molecule has 0 heterocycles. The maximum Gasteiger partial charge on any atom is 0.119 e. The first kappa shape index (κ1) is 16.0. The topological polar surface area (TPSA) is 41.5 Å². The largest absolute Gasteiger partial charge is 0.494 e. The molecule has 19 heavy (non-hydrogen) atoms. The first-order chi connectivity index (χ1) is 9.13. The van der Waals surface area contributed by atoms with E-state index in [-0.39, 0.29) is 12.1 Å². The van der Waals surface area contributed by atoms with Gasteiger partial charge in [-0.05, 0) is 44.0 Å². The molecule has 0 aliphatic rings. The lowest BCUT2D eigenvalue weighted by atomic mass is 9.99. The Labute approximate surface area is 117 Å². The molecule has 1 aromatic carbocycles. The summed E-state index contributed by atoms with van der Waals surface area (Å²) in [4.78, 5) is 0. The lowest BCUT2D eigenvalue weighted by Gasteiger charge is -2.28. The molecule has 108 valence electrons. The first-order valence-corrected chi connectivity index (χ1v) is 7.21. The van der Waals surface area contributed by atoms with Gasteiger partial charge in [0.05, 0.1) is 13.2 Å². The zero-order valence-corrected chi connectivity index (χ0v) is 12.4. The van der Waals surface area contributed by atoms with E-state index >= 15 is 0 Å². The van der Waals surface area contributed by atoms with Gasteiger partial charge in [0.2, 0.25) is 0 Å². The van der Waals surface area contributed by atoms with Crippen LogP contribution in [0.25, 0.3) is 0 Å². The Kier molecular flexibility index (Phi) is 6.89. The van der Waals surface area contributed by atoms with Crippen LogP contribution >= 0.6 is 0 Å². The molecular weight excluding hydrogens is 238 g/mol. The second-order valence-corrected chi connectivity index (χ2v) is 5.24. The van der Waals surface area contributed by atoms with Crippen LogP contribution in [0, 0.1) is 0 Å². The van der Waals surface area contributed by atoms with Crippen LogP contribution < -0.4 is 10.1 Å². The molecule has 3 heteroatoms. The normalized spacial score (nSPS) is 14.1.